The number of aromatic nitrogens is 2. The van der Waals surface area contributed by atoms with Crippen molar-refractivity contribution >= 4 is 22.6 Å². The molecule has 1 aromatic carbocycles. The zero-order valence-electron chi connectivity index (χ0n) is 11.2. The first kappa shape index (κ1) is 13.9. The molecule has 104 valence electrons. The maximum Gasteiger partial charge on any atom is 0.355 e. The van der Waals surface area contributed by atoms with E-state index >= 15 is 0 Å². The standard InChI is InChI=1S/C13H13N3O4/c1-13(2,3)12-14-9-5-4-7(16(19)20)6-8(9)10(15-12)11(17)18/h4-6H,1-3H3,(H,17,18). The topological polar surface area (TPSA) is 106 Å². The Bertz CT molecular complexity index is 719. The first-order chi connectivity index (χ1) is 9.20. The van der Waals surface area contributed by atoms with Crippen LogP contribution in [0.3, 0.4) is 0 Å². The average Bonchev–Trinajstić information content (AvgIpc) is 2.35. The second-order valence-electron chi connectivity index (χ2n) is 5.41. The lowest BCUT2D eigenvalue weighted by molar-refractivity contribution is -0.384. The quantitative estimate of drug-likeness (QED) is 0.666. The molecule has 0 spiro atoms. The van der Waals surface area contributed by atoms with Crippen molar-refractivity contribution in [2.75, 3.05) is 0 Å². The van der Waals surface area contributed by atoms with Gasteiger partial charge in [-0.2, -0.15) is 0 Å². The van der Waals surface area contributed by atoms with Crippen molar-refractivity contribution in [2.24, 2.45) is 0 Å². The van der Waals surface area contributed by atoms with Crippen molar-refractivity contribution in [1.29, 1.82) is 0 Å². The Hall–Kier alpha value is -2.57. The number of carboxylic acid groups (broad SMARTS) is 1. The zero-order valence-corrected chi connectivity index (χ0v) is 11.2. The second kappa shape index (κ2) is 4.52. The maximum absolute atomic E-state index is 11.3. The molecule has 1 aromatic heterocycles. The van der Waals surface area contributed by atoms with Gasteiger partial charge in [-0.15, -0.1) is 0 Å². The minimum absolute atomic E-state index is 0.166. The van der Waals surface area contributed by atoms with Gasteiger partial charge < -0.3 is 5.11 Å². The molecule has 0 aliphatic rings. The Kier molecular flexibility index (Phi) is 3.13. The Labute approximate surface area is 114 Å². The number of rotatable bonds is 2. The summed E-state index contributed by atoms with van der Waals surface area (Å²) < 4.78 is 0. The van der Waals surface area contributed by atoms with E-state index in [0.717, 1.165) is 0 Å². The van der Waals surface area contributed by atoms with Crippen molar-refractivity contribution < 1.29 is 14.8 Å². The molecular formula is C13H13N3O4. The number of hydrogen-bond donors (Lipinski definition) is 1. The van der Waals surface area contributed by atoms with E-state index in [1.807, 2.05) is 20.8 Å². The summed E-state index contributed by atoms with van der Waals surface area (Å²) in [6, 6.07) is 3.93. The number of nitro benzene ring substituents is 1. The Balaban J connectivity index is 2.82. The van der Waals surface area contributed by atoms with Crippen LogP contribution in [0.15, 0.2) is 18.2 Å². The van der Waals surface area contributed by atoms with E-state index in [-0.39, 0.29) is 16.8 Å². The van der Waals surface area contributed by atoms with Gasteiger partial charge in [-0.1, -0.05) is 20.8 Å². The van der Waals surface area contributed by atoms with Crippen molar-refractivity contribution in [3.8, 4) is 0 Å². The number of carboxylic acids is 1. The molecule has 1 N–H and O–H groups in total. The number of nitro groups is 1. The molecule has 0 fully saturated rings. The Morgan fingerprint density at radius 2 is 1.95 bits per heavy atom. The van der Waals surface area contributed by atoms with Gasteiger partial charge in [-0.05, 0) is 6.07 Å². The number of fused-ring (bicyclic) bond motifs is 1. The van der Waals surface area contributed by atoms with Gasteiger partial charge in [0.2, 0.25) is 0 Å². The molecule has 20 heavy (non-hydrogen) atoms. The molecule has 0 atom stereocenters. The third kappa shape index (κ3) is 2.42. The van der Waals surface area contributed by atoms with Crippen LogP contribution < -0.4 is 0 Å². The first-order valence-corrected chi connectivity index (χ1v) is 5.90. The molecule has 7 heteroatoms. The number of aromatic carboxylic acids is 1. The van der Waals surface area contributed by atoms with Gasteiger partial charge in [0, 0.05) is 22.9 Å². The van der Waals surface area contributed by atoms with E-state index < -0.39 is 16.3 Å². The lowest BCUT2D eigenvalue weighted by atomic mass is 9.95. The summed E-state index contributed by atoms with van der Waals surface area (Å²) in [5, 5.41) is 20.2. The zero-order chi connectivity index (χ0) is 15.1. The number of non-ortho nitro benzene ring substituents is 1. The van der Waals surface area contributed by atoms with Gasteiger partial charge in [0.25, 0.3) is 5.69 Å². The molecule has 0 aliphatic carbocycles. The summed E-state index contributed by atoms with van der Waals surface area (Å²) in [6.45, 7) is 5.60. The predicted octanol–water partition coefficient (Wildman–Crippen LogP) is 2.53. The van der Waals surface area contributed by atoms with Crippen molar-refractivity contribution in [3.05, 3.63) is 39.8 Å². The summed E-state index contributed by atoms with van der Waals surface area (Å²) in [4.78, 5) is 29.8. The van der Waals surface area contributed by atoms with E-state index in [4.69, 9.17) is 0 Å². The molecule has 0 amide bonds. The van der Waals surface area contributed by atoms with Crippen LogP contribution >= 0.6 is 0 Å². The third-order valence-electron chi connectivity index (χ3n) is 2.76. The molecule has 0 unspecified atom stereocenters. The second-order valence-corrected chi connectivity index (χ2v) is 5.41. The van der Waals surface area contributed by atoms with E-state index in [9.17, 15) is 20.0 Å². The minimum atomic E-state index is -1.23. The van der Waals surface area contributed by atoms with Crippen LogP contribution in [0.25, 0.3) is 10.9 Å². The van der Waals surface area contributed by atoms with E-state index in [0.29, 0.717) is 11.3 Å². The summed E-state index contributed by atoms with van der Waals surface area (Å²) in [5.74, 6) is -0.848. The van der Waals surface area contributed by atoms with Gasteiger partial charge in [0.15, 0.2) is 5.69 Å². The molecule has 0 bridgehead atoms. The SMILES string of the molecule is CC(C)(C)c1nc(C(=O)O)c2cc([N+](=O)[O-])ccc2n1. The van der Waals surface area contributed by atoms with Gasteiger partial charge in [0.05, 0.1) is 10.4 Å². The lowest BCUT2D eigenvalue weighted by Crippen LogP contribution is -2.18. The summed E-state index contributed by atoms with van der Waals surface area (Å²) in [7, 11) is 0. The van der Waals surface area contributed by atoms with Gasteiger partial charge >= 0.3 is 5.97 Å². The number of benzene rings is 1. The fourth-order valence-electron chi connectivity index (χ4n) is 1.73. The molecule has 7 nitrogen and oxygen atoms in total. The van der Waals surface area contributed by atoms with Crippen molar-refractivity contribution in [3.63, 3.8) is 0 Å². The Morgan fingerprint density at radius 3 is 2.45 bits per heavy atom. The number of nitrogens with zero attached hydrogens (tertiary/aromatic N) is 3. The minimum Gasteiger partial charge on any atom is -0.476 e. The molecule has 0 saturated carbocycles. The third-order valence-corrected chi connectivity index (χ3v) is 2.76. The lowest BCUT2D eigenvalue weighted by Gasteiger charge is -2.17. The van der Waals surface area contributed by atoms with E-state index in [1.54, 1.807) is 0 Å². The normalized spacial score (nSPS) is 11.6. The largest absolute Gasteiger partial charge is 0.476 e. The molecular weight excluding hydrogens is 262 g/mol. The van der Waals surface area contributed by atoms with Gasteiger partial charge in [-0.25, -0.2) is 14.8 Å². The van der Waals surface area contributed by atoms with Crippen LogP contribution in [0.1, 0.15) is 37.1 Å². The molecule has 0 radical (unpaired) electrons. The predicted molar refractivity (Wildman–Crippen MR) is 71.9 cm³/mol. The van der Waals surface area contributed by atoms with Crippen LogP contribution in [0, 0.1) is 10.1 Å². The fraction of sp³-hybridized carbons (Fsp3) is 0.308. The summed E-state index contributed by atoms with van der Waals surface area (Å²) in [6.07, 6.45) is 0. The highest BCUT2D eigenvalue weighted by atomic mass is 16.6. The van der Waals surface area contributed by atoms with Crippen LogP contribution in [-0.2, 0) is 5.41 Å². The number of carbonyl (C=O) groups is 1. The maximum atomic E-state index is 11.3. The molecule has 1 heterocycles. The highest BCUT2D eigenvalue weighted by molar-refractivity contribution is 6.01. The molecule has 0 saturated heterocycles. The van der Waals surface area contributed by atoms with Crippen molar-refractivity contribution in [2.45, 2.75) is 26.2 Å². The van der Waals surface area contributed by atoms with Crippen LogP contribution in [0.2, 0.25) is 0 Å². The van der Waals surface area contributed by atoms with Crippen LogP contribution in [-0.4, -0.2) is 26.0 Å². The Morgan fingerprint density at radius 1 is 1.30 bits per heavy atom. The fourth-order valence-corrected chi connectivity index (χ4v) is 1.73. The highest BCUT2D eigenvalue weighted by Gasteiger charge is 2.23. The van der Waals surface area contributed by atoms with E-state index in [2.05, 4.69) is 9.97 Å². The summed E-state index contributed by atoms with van der Waals surface area (Å²) >= 11 is 0. The van der Waals surface area contributed by atoms with Crippen molar-refractivity contribution in [1.82, 2.24) is 9.97 Å². The van der Waals surface area contributed by atoms with Crippen LogP contribution in [0.5, 0.6) is 0 Å². The monoisotopic (exact) mass is 275 g/mol. The molecule has 2 aromatic rings. The molecule has 2 rings (SSSR count). The summed E-state index contributed by atoms with van der Waals surface area (Å²) in [5.41, 5.74) is -0.441. The average molecular weight is 275 g/mol. The van der Waals surface area contributed by atoms with Gasteiger partial charge in [0.1, 0.15) is 5.82 Å². The molecule has 0 aliphatic heterocycles. The van der Waals surface area contributed by atoms with Crippen LogP contribution in [0.4, 0.5) is 5.69 Å². The van der Waals surface area contributed by atoms with E-state index in [1.165, 1.54) is 18.2 Å². The highest BCUT2D eigenvalue weighted by Crippen LogP contribution is 2.26. The van der Waals surface area contributed by atoms with Gasteiger partial charge in [-0.3, -0.25) is 10.1 Å². The first-order valence-electron chi connectivity index (χ1n) is 5.90. The smallest absolute Gasteiger partial charge is 0.355 e. The number of hydrogen-bond acceptors (Lipinski definition) is 5.